The number of hydrogen-bond donors (Lipinski definition) is 0. The van der Waals surface area contributed by atoms with Gasteiger partial charge < -0.3 is 9.13 Å². The molecule has 0 saturated heterocycles. The van der Waals surface area contributed by atoms with Crippen molar-refractivity contribution in [1.82, 2.24) is 9.13 Å². The highest BCUT2D eigenvalue weighted by atomic mass is 15.0. The van der Waals surface area contributed by atoms with E-state index >= 15 is 0 Å². The van der Waals surface area contributed by atoms with Gasteiger partial charge in [0.15, 0.2) is 0 Å². The lowest BCUT2D eigenvalue weighted by atomic mass is 9.95. The van der Waals surface area contributed by atoms with Crippen molar-refractivity contribution in [2.24, 2.45) is 4.99 Å². The number of para-hydroxylation sites is 1. The Morgan fingerprint density at radius 2 is 1.44 bits per heavy atom. The maximum atomic E-state index is 9.89. The van der Waals surface area contributed by atoms with E-state index in [4.69, 9.17) is 4.99 Å². The van der Waals surface area contributed by atoms with E-state index in [2.05, 4.69) is 82.8 Å². The summed E-state index contributed by atoms with van der Waals surface area (Å²) in [5.41, 5.74) is 12.0. The minimum Gasteiger partial charge on any atom is -0.313 e. The summed E-state index contributed by atoms with van der Waals surface area (Å²) in [5.74, 6) is 0. The number of rotatable bonds is 5. The zero-order valence-corrected chi connectivity index (χ0v) is 27.6. The van der Waals surface area contributed by atoms with Crippen LogP contribution < -0.4 is 0 Å². The molecule has 0 saturated carbocycles. The molecule has 0 fully saturated rings. The Hall–Kier alpha value is -6.94. The van der Waals surface area contributed by atoms with Gasteiger partial charge >= 0.3 is 0 Å². The van der Waals surface area contributed by atoms with Crippen LogP contribution in [-0.2, 0) is 0 Å². The number of hydrogen-bond acceptors (Lipinski definition) is 4. The largest absolute Gasteiger partial charge is 0.313 e. The first kappa shape index (κ1) is 30.4. The average Bonchev–Trinajstić information content (AvgIpc) is 3.64. The van der Waals surface area contributed by atoms with Crippen LogP contribution in [0, 0.1) is 40.9 Å². The van der Waals surface area contributed by atoms with Crippen molar-refractivity contribution in [2.45, 2.75) is 26.3 Å². The molecule has 0 spiro atoms. The second-order valence-corrected chi connectivity index (χ2v) is 12.5. The molecule has 0 aliphatic carbocycles. The van der Waals surface area contributed by atoms with E-state index in [1.165, 1.54) is 0 Å². The highest BCUT2D eigenvalue weighted by Crippen LogP contribution is 2.38. The molecule has 1 aliphatic rings. The van der Waals surface area contributed by atoms with Crippen LogP contribution in [-0.4, -0.2) is 15.3 Å². The molecule has 1 atom stereocenters. The number of aromatic nitrogens is 2. The van der Waals surface area contributed by atoms with Crippen LogP contribution in [0.2, 0.25) is 0 Å². The van der Waals surface area contributed by atoms with Crippen LogP contribution in [0.15, 0.2) is 120 Å². The zero-order chi connectivity index (χ0) is 34.4. The fourth-order valence-electron chi connectivity index (χ4n) is 7.35. The molecule has 0 radical (unpaired) electrons. The SMILES string of the molecule is C/C=C\c1c(C)n(-c2cc(C#N)ccc2C2CC=C(c3cccc(-n4c5ccccc5c5cc(C#N)ccc54)c3)C=N2)c2cc(C#N)ccc12. The molecule has 7 aromatic rings. The molecule has 6 nitrogen and oxygen atoms in total. The van der Waals surface area contributed by atoms with Gasteiger partial charge in [0, 0.05) is 44.9 Å². The van der Waals surface area contributed by atoms with E-state index in [-0.39, 0.29) is 6.04 Å². The van der Waals surface area contributed by atoms with Crippen LogP contribution >= 0.6 is 0 Å². The van der Waals surface area contributed by atoms with E-state index in [9.17, 15) is 15.8 Å². The third-order valence-electron chi connectivity index (χ3n) is 9.67. The van der Waals surface area contributed by atoms with E-state index in [1.807, 2.05) is 85.9 Å². The number of aliphatic imine (C=N–C) groups is 1. The fraction of sp³-hybridized carbons (Fsp3) is 0.0909. The van der Waals surface area contributed by atoms with Crippen molar-refractivity contribution in [3.63, 3.8) is 0 Å². The highest BCUT2D eigenvalue weighted by Gasteiger charge is 2.23. The minimum atomic E-state index is -0.155. The first-order chi connectivity index (χ1) is 24.5. The maximum absolute atomic E-state index is 9.89. The van der Waals surface area contributed by atoms with E-state index in [0.29, 0.717) is 23.1 Å². The third-order valence-corrected chi connectivity index (χ3v) is 9.67. The van der Waals surface area contributed by atoms with Crippen molar-refractivity contribution < 1.29 is 0 Å². The summed E-state index contributed by atoms with van der Waals surface area (Å²) in [6.07, 6.45) is 9.00. The number of dihydropyridines is 1. The lowest BCUT2D eigenvalue weighted by molar-refractivity contribution is 0.734. The van der Waals surface area contributed by atoms with E-state index in [0.717, 1.165) is 72.0 Å². The Morgan fingerprint density at radius 3 is 2.22 bits per heavy atom. The van der Waals surface area contributed by atoms with Crippen molar-refractivity contribution >= 4 is 50.6 Å². The van der Waals surface area contributed by atoms with Gasteiger partial charge in [-0.3, -0.25) is 4.99 Å². The Labute approximate surface area is 290 Å². The monoisotopic (exact) mass is 642 g/mol. The summed E-state index contributed by atoms with van der Waals surface area (Å²) in [5, 5.41) is 32.4. The molecule has 5 aromatic carbocycles. The van der Waals surface area contributed by atoms with Crippen LogP contribution in [0.4, 0.5) is 0 Å². The van der Waals surface area contributed by atoms with E-state index in [1.54, 1.807) is 0 Å². The van der Waals surface area contributed by atoms with Crippen molar-refractivity contribution in [3.05, 3.63) is 154 Å². The molecule has 1 aliphatic heterocycles. The Kier molecular flexibility index (Phi) is 7.45. The molecule has 0 N–H and O–H groups in total. The average molecular weight is 643 g/mol. The summed E-state index contributed by atoms with van der Waals surface area (Å²) in [4.78, 5) is 5.10. The smallest absolute Gasteiger partial charge is 0.0992 e. The fourth-order valence-corrected chi connectivity index (χ4v) is 7.35. The van der Waals surface area contributed by atoms with Crippen LogP contribution in [0.1, 0.15) is 58.5 Å². The Balaban J connectivity index is 1.19. The predicted molar refractivity (Wildman–Crippen MR) is 201 cm³/mol. The normalized spacial score (nSPS) is 14.2. The third kappa shape index (κ3) is 4.89. The van der Waals surface area contributed by atoms with Gasteiger partial charge in [-0.25, -0.2) is 0 Å². The van der Waals surface area contributed by atoms with Crippen LogP contribution in [0.5, 0.6) is 0 Å². The van der Waals surface area contributed by atoms with Crippen LogP contribution in [0.25, 0.3) is 55.7 Å². The molecule has 0 amide bonds. The first-order valence-electron chi connectivity index (χ1n) is 16.5. The van der Waals surface area contributed by atoms with Crippen LogP contribution in [0.3, 0.4) is 0 Å². The lowest BCUT2D eigenvalue weighted by Crippen LogP contribution is -2.08. The molecular formula is C44H30N6. The van der Waals surface area contributed by atoms with Gasteiger partial charge in [0.2, 0.25) is 0 Å². The zero-order valence-electron chi connectivity index (χ0n) is 27.6. The molecule has 8 rings (SSSR count). The number of benzene rings is 5. The summed E-state index contributed by atoms with van der Waals surface area (Å²) in [6.45, 7) is 4.08. The highest BCUT2D eigenvalue weighted by molar-refractivity contribution is 6.12. The molecule has 50 heavy (non-hydrogen) atoms. The number of allylic oxidation sites excluding steroid dienone is 2. The van der Waals surface area contributed by atoms with Crippen molar-refractivity contribution in [1.29, 1.82) is 15.8 Å². The summed E-state index contributed by atoms with van der Waals surface area (Å²) >= 11 is 0. The van der Waals surface area contributed by atoms with Gasteiger partial charge in [-0.1, -0.05) is 60.7 Å². The molecule has 0 bridgehead atoms. The van der Waals surface area contributed by atoms with Gasteiger partial charge in [0.1, 0.15) is 0 Å². The Bertz CT molecular complexity index is 2750. The molecule has 2 aromatic heterocycles. The van der Waals surface area contributed by atoms with E-state index < -0.39 is 0 Å². The maximum Gasteiger partial charge on any atom is 0.0992 e. The molecule has 6 heteroatoms. The second kappa shape index (κ2) is 12.3. The molecule has 1 unspecified atom stereocenters. The number of fused-ring (bicyclic) bond motifs is 4. The summed E-state index contributed by atoms with van der Waals surface area (Å²) in [6, 6.07) is 41.0. The topological polar surface area (TPSA) is 93.6 Å². The van der Waals surface area contributed by atoms with Gasteiger partial charge in [0.05, 0.1) is 63.2 Å². The quantitative estimate of drug-likeness (QED) is 0.187. The first-order valence-corrected chi connectivity index (χ1v) is 16.5. The second-order valence-electron chi connectivity index (χ2n) is 12.5. The molecule has 236 valence electrons. The van der Waals surface area contributed by atoms with Crippen molar-refractivity contribution in [3.8, 4) is 29.6 Å². The summed E-state index contributed by atoms with van der Waals surface area (Å²) in [7, 11) is 0. The molecular weight excluding hydrogens is 613 g/mol. The molecule has 3 heterocycles. The number of nitrogens with zero attached hydrogens (tertiary/aromatic N) is 6. The Morgan fingerprint density at radius 1 is 0.700 bits per heavy atom. The van der Waals surface area contributed by atoms with Gasteiger partial charge in [-0.15, -0.1) is 0 Å². The lowest BCUT2D eigenvalue weighted by Gasteiger charge is -2.22. The standard InChI is InChI=1S/C44H30N6/c1-3-7-35-28(2)49(43-21-30(25-46)12-16-37(35)43)44-22-31(26-47)13-17-38(44)40-18-15-33(27-48-40)32-8-6-9-34(23-32)50-41-11-5-4-10-36(41)39-20-29(24-45)14-19-42(39)50/h3-17,19-23,27,40H,18H2,1-2H3/b7-3-. The number of nitriles is 3. The van der Waals surface area contributed by atoms with Crippen molar-refractivity contribution in [2.75, 3.05) is 0 Å². The van der Waals surface area contributed by atoms with Gasteiger partial charge in [-0.05, 0) is 92.1 Å². The van der Waals surface area contributed by atoms with Gasteiger partial charge in [-0.2, -0.15) is 15.8 Å². The van der Waals surface area contributed by atoms with Gasteiger partial charge in [0.25, 0.3) is 0 Å². The summed E-state index contributed by atoms with van der Waals surface area (Å²) < 4.78 is 4.43. The minimum absolute atomic E-state index is 0.155. The predicted octanol–water partition coefficient (Wildman–Crippen LogP) is 10.3.